The summed E-state index contributed by atoms with van der Waals surface area (Å²) in [5.74, 6) is 0.103. The van der Waals surface area contributed by atoms with Gasteiger partial charge in [-0.2, -0.15) is 0 Å². The van der Waals surface area contributed by atoms with E-state index in [-0.39, 0.29) is 5.92 Å². The Balaban J connectivity index is 0.814. The lowest BCUT2D eigenvalue weighted by atomic mass is 9.67. The summed E-state index contributed by atoms with van der Waals surface area (Å²) in [5.41, 5.74) is 27.4. The molecule has 76 heavy (non-hydrogen) atoms. The summed E-state index contributed by atoms with van der Waals surface area (Å²) in [6, 6.07) is 109. The van der Waals surface area contributed by atoms with Crippen LogP contribution < -0.4 is 0 Å². The Hall–Kier alpha value is -9.56. The molecule has 0 bridgehead atoms. The molecular weight excluding hydrogens is 915 g/mol. The Morgan fingerprint density at radius 1 is 0.263 bits per heavy atom. The van der Waals surface area contributed by atoms with Gasteiger partial charge in [-0.1, -0.05) is 249 Å². The van der Waals surface area contributed by atoms with Gasteiger partial charge in [-0.3, -0.25) is 0 Å². The van der Waals surface area contributed by atoms with Gasteiger partial charge >= 0.3 is 0 Å². The summed E-state index contributed by atoms with van der Waals surface area (Å²) < 4.78 is 2.48. The third kappa shape index (κ3) is 5.86. The number of benzene rings is 12. The van der Waals surface area contributed by atoms with E-state index in [1.165, 1.54) is 128 Å². The lowest BCUT2D eigenvalue weighted by molar-refractivity contribution is 0.767. The molecule has 1 aromatic heterocycles. The summed E-state index contributed by atoms with van der Waals surface area (Å²) in [6.45, 7) is 0. The van der Waals surface area contributed by atoms with Crippen LogP contribution in [0.1, 0.15) is 67.1 Å². The van der Waals surface area contributed by atoms with Crippen molar-refractivity contribution in [2.24, 2.45) is 0 Å². The highest BCUT2D eigenvalue weighted by Crippen LogP contribution is 2.59. The van der Waals surface area contributed by atoms with Gasteiger partial charge in [0.25, 0.3) is 0 Å². The maximum absolute atomic E-state index is 2.51. The van der Waals surface area contributed by atoms with E-state index < -0.39 is 10.8 Å². The first-order chi connectivity index (χ1) is 37.7. The fourth-order valence-electron chi connectivity index (χ4n) is 14.4. The smallest absolute Gasteiger partial charge is 0.0713 e. The Labute approximate surface area is 443 Å². The Morgan fingerprint density at radius 3 is 1.33 bits per heavy atom. The summed E-state index contributed by atoms with van der Waals surface area (Å²) in [6.07, 6.45) is 0. The summed E-state index contributed by atoms with van der Waals surface area (Å²) in [5, 5.41) is 2.49. The number of fused-ring (bicyclic) bond motifs is 12. The van der Waals surface area contributed by atoms with Crippen LogP contribution in [0.5, 0.6) is 0 Å². The van der Waals surface area contributed by atoms with E-state index in [1.807, 2.05) is 0 Å². The van der Waals surface area contributed by atoms with Crippen molar-refractivity contribution in [1.82, 2.24) is 4.57 Å². The van der Waals surface area contributed by atoms with Crippen LogP contribution in [0.2, 0.25) is 0 Å². The zero-order chi connectivity index (χ0) is 50.0. The molecule has 0 aliphatic heterocycles. The van der Waals surface area contributed by atoms with Gasteiger partial charge in [0.2, 0.25) is 0 Å². The van der Waals surface area contributed by atoms with Crippen molar-refractivity contribution in [3.05, 3.63) is 352 Å². The molecule has 13 aromatic rings. The minimum atomic E-state index is -0.440. The first-order valence-corrected chi connectivity index (χ1v) is 26.7. The largest absolute Gasteiger partial charge is 0.309 e. The molecule has 1 heteroatoms. The van der Waals surface area contributed by atoms with Crippen molar-refractivity contribution in [1.29, 1.82) is 0 Å². The van der Waals surface area contributed by atoms with Crippen LogP contribution in [0.3, 0.4) is 0 Å². The van der Waals surface area contributed by atoms with Crippen molar-refractivity contribution >= 4 is 21.8 Å². The van der Waals surface area contributed by atoms with Gasteiger partial charge in [0, 0.05) is 22.4 Å². The maximum Gasteiger partial charge on any atom is 0.0713 e. The van der Waals surface area contributed by atoms with Gasteiger partial charge in [-0.15, -0.1) is 0 Å². The summed E-state index contributed by atoms with van der Waals surface area (Å²) in [7, 11) is 0. The van der Waals surface area contributed by atoms with E-state index >= 15 is 0 Å². The second-order valence-electron chi connectivity index (χ2n) is 21.0. The predicted molar refractivity (Wildman–Crippen MR) is 314 cm³/mol. The average Bonchev–Trinajstić information content (AvgIpc) is 4.36. The van der Waals surface area contributed by atoms with Crippen molar-refractivity contribution in [3.8, 4) is 50.2 Å². The molecule has 1 atom stereocenters. The molecule has 0 saturated heterocycles. The van der Waals surface area contributed by atoms with Crippen molar-refractivity contribution < 1.29 is 0 Å². The van der Waals surface area contributed by atoms with E-state index in [0.29, 0.717) is 0 Å². The molecule has 0 spiro atoms. The van der Waals surface area contributed by atoms with E-state index in [2.05, 4.69) is 296 Å². The van der Waals surface area contributed by atoms with Crippen LogP contribution in [-0.2, 0) is 10.8 Å². The molecule has 3 aliphatic rings. The number of hydrogen-bond acceptors (Lipinski definition) is 0. The molecule has 12 aromatic carbocycles. The van der Waals surface area contributed by atoms with E-state index in [1.54, 1.807) is 0 Å². The maximum atomic E-state index is 2.51. The van der Waals surface area contributed by atoms with Gasteiger partial charge in [-0.25, -0.2) is 0 Å². The van der Waals surface area contributed by atoms with Crippen LogP contribution in [-0.4, -0.2) is 4.57 Å². The van der Waals surface area contributed by atoms with Crippen LogP contribution in [0.25, 0.3) is 72.0 Å². The molecule has 0 saturated carbocycles. The van der Waals surface area contributed by atoms with Crippen LogP contribution in [0.15, 0.2) is 291 Å². The monoisotopic (exact) mass is 963 g/mol. The van der Waals surface area contributed by atoms with Gasteiger partial charge in [0.05, 0.1) is 21.9 Å². The number of aromatic nitrogens is 1. The van der Waals surface area contributed by atoms with E-state index in [4.69, 9.17) is 0 Å². The predicted octanol–water partition coefficient (Wildman–Crippen LogP) is 18.3. The van der Waals surface area contributed by atoms with Gasteiger partial charge < -0.3 is 4.57 Å². The number of nitrogens with zero attached hydrogens (tertiary/aromatic N) is 1. The minimum absolute atomic E-state index is 0.103. The van der Waals surface area contributed by atoms with Gasteiger partial charge in [0.1, 0.15) is 0 Å². The van der Waals surface area contributed by atoms with Crippen molar-refractivity contribution in [2.45, 2.75) is 16.7 Å². The average molecular weight is 964 g/mol. The molecule has 0 amide bonds. The Morgan fingerprint density at radius 2 is 0.711 bits per heavy atom. The number of hydrogen-bond donors (Lipinski definition) is 0. The third-order valence-electron chi connectivity index (χ3n) is 17.4. The van der Waals surface area contributed by atoms with Crippen LogP contribution in [0, 0.1) is 0 Å². The van der Waals surface area contributed by atoms with Gasteiger partial charge in [-0.05, 0) is 148 Å². The van der Waals surface area contributed by atoms with Crippen molar-refractivity contribution in [3.63, 3.8) is 0 Å². The lowest BCUT2D eigenvalue weighted by Crippen LogP contribution is -2.28. The van der Waals surface area contributed by atoms with Gasteiger partial charge in [0.15, 0.2) is 0 Å². The molecule has 0 N–H and O–H groups in total. The first kappa shape index (κ1) is 42.9. The highest BCUT2D eigenvalue weighted by atomic mass is 15.0. The number of rotatable bonds is 7. The van der Waals surface area contributed by atoms with E-state index in [9.17, 15) is 0 Å². The molecule has 0 radical (unpaired) electrons. The summed E-state index contributed by atoms with van der Waals surface area (Å²) in [4.78, 5) is 0. The van der Waals surface area contributed by atoms with Crippen LogP contribution >= 0.6 is 0 Å². The quantitative estimate of drug-likeness (QED) is 0.150. The zero-order valence-electron chi connectivity index (χ0n) is 41.7. The van der Waals surface area contributed by atoms with Crippen molar-refractivity contribution in [2.75, 3.05) is 0 Å². The fraction of sp³-hybridized carbons (Fsp3) is 0.0400. The topological polar surface area (TPSA) is 4.93 Å². The summed E-state index contributed by atoms with van der Waals surface area (Å²) >= 11 is 0. The lowest BCUT2D eigenvalue weighted by Gasteiger charge is -2.34. The highest BCUT2D eigenvalue weighted by Gasteiger charge is 2.48. The normalized spacial score (nSPS) is 14.9. The highest BCUT2D eigenvalue weighted by molar-refractivity contribution is 6.11. The standard InChI is InChI=1S/C75H49N/c1-5-21-52(22-6-1)74(53-23-7-2-8-24-53)67-34-18-15-30-58(67)64-47-51(38-42-69(64)74)73-61-33-14-13-29-57(61)63-45-49(37-41-62(63)73)50-39-44-72-66(46-50)60-32-17-20-36-71(60)76(72)56-40-43-70-65(48-56)59-31-16-19-35-68(59)75(70,54-25-9-3-10-26-54)55-27-11-4-12-28-55/h1-48,73H. The molecule has 354 valence electrons. The third-order valence-corrected chi connectivity index (χ3v) is 17.4. The molecule has 16 rings (SSSR count). The Kier molecular flexibility index (Phi) is 9.30. The minimum Gasteiger partial charge on any atom is -0.309 e. The Bertz CT molecular complexity index is 4370. The molecular formula is C75H49N. The molecule has 1 heterocycles. The fourth-order valence-corrected chi connectivity index (χ4v) is 14.4. The zero-order valence-corrected chi connectivity index (χ0v) is 41.7. The second kappa shape index (κ2) is 16.5. The van der Waals surface area contributed by atoms with Crippen LogP contribution in [0.4, 0.5) is 0 Å². The molecule has 1 unspecified atom stereocenters. The molecule has 1 nitrogen and oxygen atoms in total. The van der Waals surface area contributed by atoms with E-state index in [0.717, 1.165) is 5.69 Å². The molecule has 0 fully saturated rings. The number of para-hydroxylation sites is 1. The molecule has 3 aliphatic carbocycles. The second-order valence-corrected chi connectivity index (χ2v) is 21.0. The SMILES string of the molecule is c1ccc(C2(c3ccccc3)c3ccccc3-c3cc(C4c5ccccc5-c5cc(-c6ccc7c(c6)c6ccccc6n7-c6ccc7c(c6)-c6ccccc6C7(c6ccccc6)c6ccccc6)ccc54)ccc32)cc1. The first-order valence-electron chi connectivity index (χ1n) is 26.7.